The lowest BCUT2D eigenvalue weighted by atomic mass is 9.59. The summed E-state index contributed by atoms with van der Waals surface area (Å²) in [6, 6.07) is 18.1. The van der Waals surface area contributed by atoms with Gasteiger partial charge in [-0.1, -0.05) is 48.5 Å². The van der Waals surface area contributed by atoms with Crippen molar-refractivity contribution in [2.75, 3.05) is 20.1 Å². The topological polar surface area (TPSA) is 32.3 Å². The van der Waals surface area contributed by atoms with Crippen molar-refractivity contribution in [1.82, 2.24) is 10.2 Å². The van der Waals surface area contributed by atoms with Crippen molar-refractivity contribution in [2.24, 2.45) is 5.92 Å². The molecule has 0 fully saturated rings. The summed E-state index contributed by atoms with van der Waals surface area (Å²) < 4.78 is 0. The molecule has 0 saturated heterocycles. The van der Waals surface area contributed by atoms with Gasteiger partial charge in [0.15, 0.2) is 0 Å². The van der Waals surface area contributed by atoms with E-state index in [0.29, 0.717) is 30.3 Å². The number of carbonyl (C=O) groups is 1. The van der Waals surface area contributed by atoms with Crippen molar-refractivity contribution < 1.29 is 4.79 Å². The summed E-state index contributed by atoms with van der Waals surface area (Å²) >= 11 is 0. The maximum Gasteiger partial charge on any atom is 0.234 e. The Morgan fingerprint density at radius 3 is 2.12 bits per heavy atom. The third-order valence-electron chi connectivity index (χ3n) is 6.26. The molecule has 0 radical (unpaired) electrons. The second-order valence-corrected chi connectivity index (χ2v) is 8.10. The minimum atomic E-state index is 0.129. The average molecular weight is 348 g/mol. The van der Waals surface area contributed by atoms with E-state index < -0.39 is 0 Å². The van der Waals surface area contributed by atoms with Crippen LogP contribution in [-0.4, -0.2) is 37.0 Å². The fourth-order valence-electron chi connectivity index (χ4n) is 4.67. The monoisotopic (exact) mass is 348 g/mol. The summed E-state index contributed by atoms with van der Waals surface area (Å²) in [4.78, 5) is 14.4. The quantitative estimate of drug-likeness (QED) is 0.893. The predicted octanol–water partition coefficient (Wildman–Crippen LogP) is 3.74. The summed E-state index contributed by atoms with van der Waals surface area (Å²) in [5.41, 5.74) is 5.89. The number of likely N-dealkylation sites (N-methyl/N-ethyl adjacent to an activating group) is 1. The summed E-state index contributed by atoms with van der Waals surface area (Å²) in [5, 5.41) is 3.20. The van der Waals surface area contributed by atoms with Gasteiger partial charge in [0.1, 0.15) is 0 Å². The molecule has 0 aromatic heterocycles. The Balaban J connectivity index is 1.54. The van der Waals surface area contributed by atoms with Gasteiger partial charge < -0.3 is 5.32 Å². The van der Waals surface area contributed by atoms with E-state index >= 15 is 0 Å². The lowest BCUT2D eigenvalue weighted by Crippen LogP contribution is -2.43. The molecule has 0 saturated carbocycles. The fourth-order valence-corrected chi connectivity index (χ4v) is 4.67. The van der Waals surface area contributed by atoms with Crippen LogP contribution in [0.15, 0.2) is 48.5 Å². The zero-order chi connectivity index (χ0) is 18.3. The number of hydrogen-bond acceptors (Lipinski definition) is 2. The lowest BCUT2D eigenvalue weighted by Gasteiger charge is -2.45. The first-order valence-corrected chi connectivity index (χ1v) is 9.71. The largest absolute Gasteiger partial charge is 0.355 e. The number of rotatable bonds is 5. The van der Waals surface area contributed by atoms with Crippen LogP contribution in [0.5, 0.6) is 0 Å². The van der Waals surface area contributed by atoms with Crippen LogP contribution in [0.4, 0.5) is 0 Å². The van der Waals surface area contributed by atoms with Gasteiger partial charge in [-0.15, -0.1) is 0 Å². The Labute approximate surface area is 156 Å². The van der Waals surface area contributed by atoms with Gasteiger partial charge in [-0.2, -0.15) is 0 Å². The first-order chi connectivity index (χ1) is 12.6. The van der Waals surface area contributed by atoms with E-state index in [0.717, 1.165) is 13.0 Å². The maximum absolute atomic E-state index is 12.3. The highest BCUT2D eigenvalue weighted by atomic mass is 16.2. The zero-order valence-corrected chi connectivity index (χ0v) is 15.9. The van der Waals surface area contributed by atoms with Crippen molar-refractivity contribution in [2.45, 2.75) is 38.1 Å². The molecule has 26 heavy (non-hydrogen) atoms. The van der Waals surface area contributed by atoms with Gasteiger partial charge in [-0.05, 0) is 55.5 Å². The van der Waals surface area contributed by atoms with E-state index in [4.69, 9.17) is 0 Å². The Bertz CT molecular complexity index is 766. The zero-order valence-electron chi connectivity index (χ0n) is 15.9. The van der Waals surface area contributed by atoms with Crippen molar-refractivity contribution in [3.8, 4) is 0 Å². The van der Waals surface area contributed by atoms with Crippen molar-refractivity contribution in [3.63, 3.8) is 0 Å². The van der Waals surface area contributed by atoms with Gasteiger partial charge in [0.05, 0.1) is 6.54 Å². The molecule has 3 aliphatic carbocycles. The van der Waals surface area contributed by atoms with Crippen molar-refractivity contribution >= 4 is 5.91 Å². The molecule has 2 aromatic carbocycles. The van der Waals surface area contributed by atoms with Crippen LogP contribution in [0.1, 0.15) is 54.4 Å². The first kappa shape index (κ1) is 17.3. The summed E-state index contributed by atoms with van der Waals surface area (Å²) in [5.74, 6) is 1.46. The van der Waals surface area contributed by atoms with E-state index in [2.05, 4.69) is 72.6 Å². The second kappa shape index (κ2) is 6.88. The number of benzene rings is 2. The standard InChI is InChI=1S/C23H28N2O/c1-15(2)25(3)14-22(26)24-13-16-12-21-17-8-4-6-10-19(17)23(16)20-11-7-5-9-18(20)21/h4-11,15-16,21,23H,12-14H2,1-3H3,(H,24,26). The smallest absolute Gasteiger partial charge is 0.234 e. The fraction of sp³-hybridized carbons (Fsp3) is 0.435. The molecule has 1 atom stereocenters. The second-order valence-electron chi connectivity index (χ2n) is 8.10. The molecule has 3 nitrogen and oxygen atoms in total. The number of nitrogens with zero attached hydrogens (tertiary/aromatic N) is 1. The van der Waals surface area contributed by atoms with E-state index in [1.807, 2.05) is 7.05 Å². The van der Waals surface area contributed by atoms with Gasteiger partial charge in [0.2, 0.25) is 5.91 Å². The van der Waals surface area contributed by atoms with Crippen LogP contribution in [0.3, 0.4) is 0 Å². The Morgan fingerprint density at radius 1 is 1.04 bits per heavy atom. The lowest BCUT2D eigenvalue weighted by molar-refractivity contribution is -0.122. The number of hydrogen-bond donors (Lipinski definition) is 1. The summed E-state index contributed by atoms with van der Waals surface area (Å²) in [6.07, 6.45) is 1.12. The molecule has 2 aromatic rings. The Morgan fingerprint density at radius 2 is 1.58 bits per heavy atom. The molecular formula is C23H28N2O. The highest BCUT2D eigenvalue weighted by Gasteiger charge is 2.42. The molecule has 3 aliphatic rings. The van der Waals surface area contributed by atoms with Crippen LogP contribution in [0.2, 0.25) is 0 Å². The molecule has 136 valence electrons. The molecule has 2 bridgehead atoms. The maximum atomic E-state index is 12.3. The van der Waals surface area contributed by atoms with Crippen molar-refractivity contribution in [3.05, 3.63) is 70.8 Å². The van der Waals surface area contributed by atoms with Gasteiger partial charge in [-0.3, -0.25) is 9.69 Å². The normalized spacial score (nSPS) is 23.0. The van der Waals surface area contributed by atoms with Crippen LogP contribution < -0.4 is 5.32 Å². The predicted molar refractivity (Wildman–Crippen MR) is 105 cm³/mol. The number of carbonyl (C=O) groups excluding carboxylic acids is 1. The number of amides is 1. The summed E-state index contributed by atoms with van der Waals surface area (Å²) in [7, 11) is 2.00. The number of fused-ring (bicyclic) bond motifs is 1. The van der Waals surface area contributed by atoms with Gasteiger partial charge in [0.25, 0.3) is 0 Å². The molecule has 1 N–H and O–H groups in total. The summed E-state index contributed by atoms with van der Waals surface area (Å²) in [6.45, 7) is 5.45. The molecule has 1 amide bonds. The molecule has 3 heteroatoms. The minimum Gasteiger partial charge on any atom is -0.355 e. The highest BCUT2D eigenvalue weighted by Crippen LogP contribution is 2.55. The van der Waals surface area contributed by atoms with E-state index in [1.54, 1.807) is 0 Å². The molecule has 5 rings (SSSR count). The molecule has 1 unspecified atom stereocenters. The Hall–Kier alpha value is -2.13. The molecular weight excluding hydrogens is 320 g/mol. The Kier molecular flexibility index (Phi) is 4.58. The van der Waals surface area contributed by atoms with Crippen LogP contribution >= 0.6 is 0 Å². The van der Waals surface area contributed by atoms with E-state index in [-0.39, 0.29) is 5.91 Å². The van der Waals surface area contributed by atoms with Crippen LogP contribution in [0.25, 0.3) is 0 Å². The highest BCUT2D eigenvalue weighted by molar-refractivity contribution is 5.78. The molecule has 0 heterocycles. The third kappa shape index (κ3) is 2.95. The van der Waals surface area contributed by atoms with E-state index in [1.165, 1.54) is 22.3 Å². The van der Waals surface area contributed by atoms with Crippen molar-refractivity contribution in [1.29, 1.82) is 0 Å². The van der Waals surface area contributed by atoms with Gasteiger partial charge >= 0.3 is 0 Å². The average Bonchev–Trinajstić information content (AvgIpc) is 2.66. The molecule has 0 aliphatic heterocycles. The minimum absolute atomic E-state index is 0.129. The number of nitrogens with one attached hydrogen (secondary N) is 1. The van der Waals surface area contributed by atoms with Crippen LogP contribution in [0, 0.1) is 5.92 Å². The van der Waals surface area contributed by atoms with Gasteiger partial charge in [0, 0.05) is 24.4 Å². The van der Waals surface area contributed by atoms with Gasteiger partial charge in [-0.25, -0.2) is 0 Å². The SMILES string of the molecule is CC(C)N(C)CC(=O)NCC1CC2c3ccccc3C1c1ccccc12. The third-order valence-corrected chi connectivity index (χ3v) is 6.26. The first-order valence-electron chi connectivity index (χ1n) is 9.71. The van der Waals surface area contributed by atoms with E-state index in [9.17, 15) is 4.79 Å². The van der Waals surface area contributed by atoms with Crippen LogP contribution in [-0.2, 0) is 4.79 Å². The molecule has 0 spiro atoms.